The van der Waals surface area contributed by atoms with Gasteiger partial charge in [-0.25, -0.2) is 9.67 Å². The Morgan fingerprint density at radius 1 is 1.03 bits per heavy atom. The van der Waals surface area contributed by atoms with Crippen molar-refractivity contribution < 1.29 is 9.59 Å². The normalized spacial score (nSPS) is 29.6. The quantitative estimate of drug-likeness (QED) is 0.653. The van der Waals surface area contributed by atoms with Crippen molar-refractivity contribution in [2.45, 2.75) is 58.4 Å². The third-order valence-corrected chi connectivity index (χ3v) is 7.86. The van der Waals surface area contributed by atoms with E-state index in [1.165, 1.54) is 61.4 Å². The average molecular weight is 434 g/mol. The highest BCUT2D eigenvalue weighted by molar-refractivity contribution is 6.00. The number of carbonyl (C=O) groups excluding carboxylic acids is 2. The molecule has 2 amide bonds. The van der Waals surface area contributed by atoms with Crippen LogP contribution in [0.4, 0.5) is 11.4 Å². The molecule has 0 spiro atoms. The fourth-order valence-corrected chi connectivity index (χ4v) is 6.54. The second kappa shape index (κ2) is 8.19. The first kappa shape index (κ1) is 20.9. The molecule has 7 nitrogen and oxygen atoms in total. The topological polar surface area (TPSA) is 88.9 Å². The van der Waals surface area contributed by atoms with E-state index in [0.29, 0.717) is 11.4 Å². The maximum atomic E-state index is 12.7. The van der Waals surface area contributed by atoms with Crippen molar-refractivity contribution >= 4 is 23.2 Å². The summed E-state index contributed by atoms with van der Waals surface area (Å²) < 4.78 is 1.50. The molecule has 6 rings (SSSR count). The van der Waals surface area contributed by atoms with Gasteiger partial charge >= 0.3 is 0 Å². The van der Waals surface area contributed by atoms with E-state index >= 15 is 0 Å². The Labute approximate surface area is 188 Å². The first-order valence-electron chi connectivity index (χ1n) is 11.6. The molecule has 1 aromatic carbocycles. The van der Waals surface area contributed by atoms with E-state index < -0.39 is 6.04 Å². The summed E-state index contributed by atoms with van der Waals surface area (Å²) in [7, 11) is 0. The number of anilines is 2. The summed E-state index contributed by atoms with van der Waals surface area (Å²) in [4.78, 5) is 29.0. The Morgan fingerprint density at radius 2 is 1.59 bits per heavy atom. The van der Waals surface area contributed by atoms with Crippen LogP contribution in [0.3, 0.4) is 0 Å². The third-order valence-electron chi connectivity index (χ3n) is 7.86. The third kappa shape index (κ3) is 4.08. The lowest BCUT2D eigenvalue weighted by Crippen LogP contribution is -2.46. The van der Waals surface area contributed by atoms with Crippen LogP contribution < -0.4 is 10.6 Å². The lowest BCUT2D eigenvalue weighted by Gasteiger charge is -2.57. The van der Waals surface area contributed by atoms with Crippen LogP contribution in [0.5, 0.6) is 0 Å². The van der Waals surface area contributed by atoms with Gasteiger partial charge in [-0.3, -0.25) is 9.59 Å². The highest BCUT2D eigenvalue weighted by atomic mass is 16.2. The molecule has 4 saturated carbocycles. The number of aromatic nitrogens is 3. The maximum Gasteiger partial charge on any atom is 0.249 e. The van der Waals surface area contributed by atoms with Crippen LogP contribution in [-0.4, -0.2) is 26.6 Å². The Kier molecular flexibility index (Phi) is 5.35. The maximum absolute atomic E-state index is 12.7. The van der Waals surface area contributed by atoms with Crippen LogP contribution in [0.15, 0.2) is 48.6 Å². The van der Waals surface area contributed by atoms with Crippen LogP contribution in [0, 0.1) is 23.2 Å². The van der Waals surface area contributed by atoms with Gasteiger partial charge in [0.2, 0.25) is 11.8 Å². The van der Waals surface area contributed by atoms with Crippen molar-refractivity contribution in [2.24, 2.45) is 23.2 Å². The van der Waals surface area contributed by atoms with Crippen LogP contribution in [-0.2, 0) is 9.59 Å². The molecule has 7 heteroatoms. The number of benzene rings is 1. The van der Waals surface area contributed by atoms with Crippen molar-refractivity contribution in [3.8, 4) is 0 Å². The second-order valence-corrected chi connectivity index (χ2v) is 10.1. The second-order valence-electron chi connectivity index (χ2n) is 10.1. The van der Waals surface area contributed by atoms with Crippen LogP contribution >= 0.6 is 0 Å². The van der Waals surface area contributed by atoms with Crippen molar-refractivity contribution in [3.63, 3.8) is 0 Å². The van der Waals surface area contributed by atoms with Crippen LogP contribution in [0.25, 0.3) is 0 Å². The molecule has 4 aliphatic carbocycles. The summed E-state index contributed by atoms with van der Waals surface area (Å²) in [6, 6.07) is 6.73. The largest absolute Gasteiger partial charge is 0.324 e. The fraction of sp³-hybridized carbons (Fsp3) is 0.520. The lowest BCUT2D eigenvalue weighted by atomic mass is 9.48. The fourth-order valence-electron chi connectivity index (χ4n) is 6.54. The predicted molar refractivity (Wildman–Crippen MR) is 123 cm³/mol. The van der Waals surface area contributed by atoms with Crippen LogP contribution in [0.1, 0.15) is 58.4 Å². The van der Waals surface area contributed by atoms with Gasteiger partial charge in [0.25, 0.3) is 0 Å². The van der Waals surface area contributed by atoms with Gasteiger partial charge in [-0.1, -0.05) is 5.57 Å². The van der Waals surface area contributed by atoms with Crippen molar-refractivity contribution in [2.75, 3.05) is 10.6 Å². The van der Waals surface area contributed by atoms with Gasteiger partial charge in [0.05, 0.1) is 0 Å². The molecule has 1 heterocycles. The van der Waals surface area contributed by atoms with E-state index in [0.717, 1.165) is 17.8 Å². The van der Waals surface area contributed by atoms with E-state index in [4.69, 9.17) is 0 Å². The Bertz CT molecular complexity index is 990. The van der Waals surface area contributed by atoms with E-state index in [1.807, 2.05) is 18.2 Å². The molecule has 0 aliphatic heterocycles. The summed E-state index contributed by atoms with van der Waals surface area (Å²) in [5.41, 5.74) is 2.88. The molecular weight excluding hydrogens is 402 g/mol. The zero-order valence-corrected chi connectivity index (χ0v) is 18.8. The van der Waals surface area contributed by atoms with E-state index in [9.17, 15) is 9.59 Å². The number of hydrogen-bond acceptors (Lipinski definition) is 4. The average Bonchev–Trinajstić information content (AvgIpc) is 3.28. The first-order chi connectivity index (χ1) is 15.4. The number of nitrogens with zero attached hydrogens (tertiary/aromatic N) is 3. The number of nitrogens with one attached hydrogen (secondary N) is 2. The summed E-state index contributed by atoms with van der Waals surface area (Å²) in [6.07, 6.45) is 12.7. The predicted octanol–water partition coefficient (Wildman–Crippen LogP) is 4.58. The lowest BCUT2D eigenvalue weighted by molar-refractivity contribution is -0.119. The zero-order chi connectivity index (χ0) is 22.3. The Balaban J connectivity index is 1.19. The monoisotopic (exact) mass is 433 g/mol. The van der Waals surface area contributed by atoms with Gasteiger partial charge in [-0.05, 0) is 99.8 Å². The minimum Gasteiger partial charge on any atom is -0.324 e. The molecule has 0 saturated heterocycles. The molecule has 168 valence electrons. The smallest absolute Gasteiger partial charge is 0.249 e. The van der Waals surface area contributed by atoms with Crippen LogP contribution in [0.2, 0.25) is 0 Å². The van der Waals surface area contributed by atoms with Gasteiger partial charge in [0.15, 0.2) is 0 Å². The summed E-state index contributed by atoms with van der Waals surface area (Å²) in [6.45, 7) is 3.92. The standard InChI is InChI=1S/C25H31N5O2/c1-16(25-11-18-8-19(12-25)10-20(9-18)13-25)7-23(31)28-21-3-5-22(6-4-21)29-24(32)17(2)30-15-26-14-27-30/h3-7,14-15,17-20H,8-13H2,1-2H3,(H,28,31)(H,29,32)/b16-7+. The molecule has 4 aliphatic rings. The molecule has 2 N–H and O–H groups in total. The molecule has 32 heavy (non-hydrogen) atoms. The van der Waals surface area contributed by atoms with Crippen molar-refractivity contribution in [1.29, 1.82) is 0 Å². The molecule has 4 fully saturated rings. The van der Waals surface area contributed by atoms with Gasteiger partial charge in [0.1, 0.15) is 18.7 Å². The SMILES string of the molecule is C/C(=C\C(=O)Nc1ccc(NC(=O)C(C)n2cncn2)cc1)C12CC3CC(CC(C3)C1)C2. The highest BCUT2D eigenvalue weighted by Gasteiger charge is 2.51. The molecule has 1 aromatic heterocycles. The Hall–Kier alpha value is -2.96. The van der Waals surface area contributed by atoms with E-state index in [1.54, 1.807) is 19.1 Å². The van der Waals surface area contributed by atoms with Gasteiger partial charge < -0.3 is 10.6 Å². The summed E-state index contributed by atoms with van der Waals surface area (Å²) in [5.74, 6) is 2.34. The summed E-state index contributed by atoms with van der Waals surface area (Å²) >= 11 is 0. The minimum absolute atomic E-state index is 0.0742. The Morgan fingerprint density at radius 3 is 2.12 bits per heavy atom. The molecular formula is C25H31N5O2. The molecule has 1 atom stereocenters. The van der Waals surface area contributed by atoms with Crippen molar-refractivity contribution in [1.82, 2.24) is 14.8 Å². The number of rotatable bonds is 6. The van der Waals surface area contributed by atoms with Gasteiger partial charge in [0, 0.05) is 17.5 Å². The highest BCUT2D eigenvalue weighted by Crippen LogP contribution is 2.62. The summed E-state index contributed by atoms with van der Waals surface area (Å²) in [5, 5.41) is 9.84. The number of allylic oxidation sites excluding steroid dienone is 1. The van der Waals surface area contributed by atoms with Crippen molar-refractivity contribution in [3.05, 3.63) is 48.6 Å². The number of carbonyl (C=O) groups is 2. The van der Waals surface area contributed by atoms with Gasteiger partial charge in [-0.2, -0.15) is 5.10 Å². The molecule has 2 aromatic rings. The first-order valence-corrected chi connectivity index (χ1v) is 11.6. The van der Waals surface area contributed by atoms with E-state index in [-0.39, 0.29) is 17.2 Å². The molecule has 0 radical (unpaired) electrons. The zero-order valence-electron chi connectivity index (χ0n) is 18.8. The molecule has 4 bridgehead atoms. The van der Waals surface area contributed by atoms with Gasteiger partial charge in [-0.15, -0.1) is 0 Å². The number of hydrogen-bond donors (Lipinski definition) is 2. The number of amides is 2. The van der Waals surface area contributed by atoms with E-state index in [2.05, 4.69) is 27.6 Å². The minimum atomic E-state index is -0.463. The molecule has 1 unspecified atom stereocenters.